The van der Waals surface area contributed by atoms with E-state index in [0.717, 1.165) is 28.8 Å². The second kappa shape index (κ2) is 8.52. The maximum absolute atomic E-state index is 12.4. The fourth-order valence-corrected chi connectivity index (χ4v) is 3.71. The smallest absolute Gasteiger partial charge is 0.191 e. The lowest BCUT2D eigenvalue weighted by Gasteiger charge is -2.07. The summed E-state index contributed by atoms with van der Waals surface area (Å²) in [6.07, 6.45) is 2.32. The summed E-state index contributed by atoms with van der Waals surface area (Å²) in [7, 11) is 1.87. The van der Waals surface area contributed by atoms with Gasteiger partial charge in [0.25, 0.3) is 0 Å². The average Bonchev–Trinajstić information content (AvgIpc) is 3.25. The fourth-order valence-electron chi connectivity index (χ4n) is 2.85. The Labute approximate surface area is 164 Å². The third kappa shape index (κ3) is 4.66. The van der Waals surface area contributed by atoms with Crippen LogP contribution in [0.3, 0.4) is 0 Å². The van der Waals surface area contributed by atoms with Gasteiger partial charge in [-0.25, -0.2) is 0 Å². The van der Waals surface area contributed by atoms with Crippen molar-refractivity contribution in [3.05, 3.63) is 47.7 Å². The van der Waals surface area contributed by atoms with Crippen LogP contribution in [0.4, 0.5) is 0 Å². The molecule has 2 heterocycles. The molecule has 1 aromatic carbocycles. The Kier molecular flexibility index (Phi) is 6.11. The molecule has 0 amide bonds. The highest BCUT2D eigenvalue weighted by Crippen LogP contribution is 2.23. The van der Waals surface area contributed by atoms with Crippen LogP contribution < -0.4 is 0 Å². The number of thioether (sulfide) groups is 1. The van der Waals surface area contributed by atoms with Gasteiger partial charge in [0, 0.05) is 26.2 Å². The minimum Gasteiger partial charge on any atom is -0.301 e. The summed E-state index contributed by atoms with van der Waals surface area (Å²) in [4.78, 5) is 12.4. The highest BCUT2D eigenvalue weighted by molar-refractivity contribution is 7.99. The van der Waals surface area contributed by atoms with E-state index < -0.39 is 0 Å². The van der Waals surface area contributed by atoms with E-state index in [1.807, 2.05) is 42.9 Å². The van der Waals surface area contributed by atoms with E-state index in [-0.39, 0.29) is 5.78 Å². The maximum Gasteiger partial charge on any atom is 0.191 e. The number of Topliss-reactive ketones (excluding diaryl/α,β-unsaturated/α-hetero) is 1. The number of hydrogen-bond acceptors (Lipinski definition) is 5. The van der Waals surface area contributed by atoms with Crippen LogP contribution in [0, 0.1) is 0 Å². The lowest BCUT2D eigenvalue weighted by molar-refractivity contribution is -0.116. The fraction of sp³-hybridized carbons (Fsp3) is 0.400. The number of aryl methyl sites for hydroxylation is 1. The van der Waals surface area contributed by atoms with Gasteiger partial charge in [-0.15, -0.1) is 10.2 Å². The molecular weight excluding hydrogens is 358 g/mol. The number of carbonyl (C=O) groups is 1. The molecule has 0 radical (unpaired) electrons. The van der Waals surface area contributed by atoms with Crippen molar-refractivity contribution >= 4 is 17.5 Å². The molecule has 0 saturated carbocycles. The number of rotatable bonds is 8. The van der Waals surface area contributed by atoms with Crippen LogP contribution in [-0.4, -0.2) is 36.1 Å². The number of aromatic nitrogens is 5. The first-order valence-electron chi connectivity index (χ1n) is 9.14. The number of hydrogen-bond donors (Lipinski definition) is 0. The molecule has 0 unspecified atom stereocenters. The van der Waals surface area contributed by atoms with Crippen LogP contribution in [0.2, 0.25) is 0 Å². The third-order valence-corrected chi connectivity index (χ3v) is 5.41. The highest BCUT2D eigenvalue weighted by Gasteiger charge is 2.16. The zero-order chi connectivity index (χ0) is 19.4. The molecule has 0 bridgehead atoms. The first-order valence-corrected chi connectivity index (χ1v) is 10.1. The standard InChI is InChI=1S/C20H25N5OS/c1-5-25-19(18-10-11-24(4)23-18)21-22-20(25)27-13-17(26)12-15-6-8-16(9-7-15)14(2)3/h6-11,14H,5,12-13H2,1-4H3. The Balaban J connectivity index is 1.62. The van der Waals surface area contributed by atoms with Gasteiger partial charge < -0.3 is 4.57 Å². The third-order valence-electron chi connectivity index (χ3n) is 4.39. The summed E-state index contributed by atoms with van der Waals surface area (Å²) >= 11 is 1.43. The van der Waals surface area contributed by atoms with Crippen molar-refractivity contribution in [3.63, 3.8) is 0 Å². The quantitative estimate of drug-likeness (QED) is 0.555. The van der Waals surface area contributed by atoms with E-state index in [0.29, 0.717) is 18.1 Å². The van der Waals surface area contributed by atoms with E-state index in [4.69, 9.17) is 0 Å². The molecule has 3 aromatic rings. The predicted molar refractivity (Wildman–Crippen MR) is 108 cm³/mol. The van der Waals surface area contributed by atoms with Crippen LogP contribution in [0.15, 0.2) is 41.7 Å². The zero-order valence-corrected chi connectivity index (χ0v) is 17.0. The van der Waals surface area contributed by atoms with Gasteiger partial charge in [-0.2, -0.15) is 5.10 Å². The van der Waals surface area contributed by atoms with Crippen molar-refractivity contribution in [1.29, 1.82) is 0 Å². The molecule has 0 fully saturated rings. The molecule has 142 valence electrons. The van der Waals surface area contributed by atoms with E-state index in [1.54, 1.807) is 4.68 Å². The van der Waals surface area contributed by atoms with Crippen LogP contribution in [0.1, 0.15) is 37.8 Å². The molecule has 0 aliphatic carbocycles. The van der Waals surface area contributed by atoms with E-state index in [2.05, 4.69) is 41.3 Å². The molecule has 6 nitrogen and oxygen atoms in total. The lowest BCUT2D eigenvalue weighted by Crippen LogP contribution is -2.07. The first kappa shape index (κ1) is 19.4. The molecule has 0 N–H and O–H groups in total. The Morgan fingerprint density at radius 1 is 1.15 bits per heavy atom. The van der Waals surface area contributed by atoms with Crippen LogP contribution >= 0.6 is 11.8 Å². The van der Waals surface area contributed by atoms with Gasteiger partial charge in [0.2, 0.25) is 0 Å². The summed E-state index contributed by atoms with van der Waals surface area (Å²) in [6, 6.07) is 10.2. The minimum atomic E-state index is 0.183. The molecule has 0 saturated heterocycles. The largest absolute Gasteiger partial charge is 0.301 e. The molecule has 2 aromatic heterocycles. The van der Waals surface area contributed by atoms with Gasteiger partial charge in [0.1, 0.15) is 11.5 Å². The summed E-state index contributed by atoms with van der Waals surface area (Å²) in [5.74, 6) is 1.80. The van der Waals surface area contributed by atoms with Crippen molar-refractivity contribution in [2.75, 3.05) is 5.75 Å². The summed E-state index contributed by atoms with van der Waals surface area (Å²) in [5, 5.41) is 13.7. The maximum atomic E-state index is 12.4. The molecule has 0 atom stereocenters. The predicted octanol–water partition coefficient (Wildman–Crippen LogP) is 3.73. The average molecular weight is 384 g/mol. The van der Waals surface area contributed by atoms with Gasteiger partial charge in [0.15, 0.2) is 11.0 Å². The Hall–Kier alpha value is -2.41. The molecule has 0 spiro atoms. The monoisotopic (exact) mass is 383 g/mol. The SMILES string of the molecule is CCn1c(SCC(=O)Cc2ccc(C(C)C)cc2)nnc1-c1ccn(C)n1. The van der Waals surface area contributed by atoms with E-state index in [1.165, 1.54) is 17.3 Å². The Morgan fingerprint density at radius 3 is 2.48 bits per heavy atom. The Bertz CT molecular complexity index is 911. The van der Waals surface area contributed by atoms with Crippen molar-refractivity contribution in [2.24, 2.45) is 7.05 Å². The second-order valence-electron chi connectivity index (χ2n) is 6.83. The molecular formula is C20H25N5OS. The topological polar surface area (TPSA) is 65.6 Å². The van der Waals surface area contributed by atoms with E-state index >= 15 is 0 Å². The summed E-state index contributed by atoms with van der Waals surface area (Å²) in [6.45, 7) is 7.10. The normalized spacial score (nSPS) is 11.3. The number of benzene rings is 1. The van der Waals surface area contributed by atoms with Crippen LogP contribution in [-0.2, 0) is 24.8 Å². The number of carbonyl (C=O) groups excluding carboxylic acids is 1. The van der Waals surface area contributed by atoms with Crippen molar-refractivity contribution < 1.29 is 4.79 Å². The highest BCUT2D eigenvalue weighted by atomic mass is 32.2. The summed E-state index contributed by atoms with van der Waals surface area (Å²) < 4.78 is 3.74. The molecule has 0 aliphatic heterocycles. The summed E-state index contributed by atoms with van der Waals surface area (Å²) in [5.41, 5.74) is 3.13. The Morgan fingerprint density at radius 2 is 1.89 bits per heavy atom. The number of nitrogens with zero attached hydrogens (tertiary/aromatic N) is 5. The van der Waals surface area contributed by atoms with E-state index in [9.17, 15) is 4.79 Å². The first-order chi connectivity index (χ1) is 13.0. The zero-order valence-electron chi connectivity index (χ0n) is 16.2. The van der Waals surface area contributed by atoms with Crippen molar-refractivity contribution in [2.45, 2.75) is 44.8 Å². The van der Waals surface area contributed by atoms with Gasteiger partial charge in [-0.05, 0) is 30.0 Å². The second-order valence-corrected chi connectivity index (χ2v) is 7.77. The van der Waals surface area contributed by atoms with Gasteiger partial charge in [-0.3, -0.25) is 9.48 Å². The molecule has 27 heavy (non-hydrogen) atoms. The molecule has 7 heteroatoms. The van der Waals surface area contributed by atoms with Gasteiger partial charge in [-0.1, -0.05) is 49.9 Å². The van der Waals surface area contributed by atoms with Crippen molar-refractivity contribution in [3.8, 4) is 11.5 Å². The van der Waals surface area contributed by atoms with Crippen LogP contribution in [0.5, 0.6) is 0 Å². The lowest BCUT2D eigenvalue weighted by atomic mass is 10.0. The molecule has 3 rings (SSSR count). The van der Waals surface area contributed by atoms with Crippen molar-refractivity contribution in [1.82, 2.24) is 24.5 Å². The minimum absolute atomic E-state index is 0.183. The van der Waals surface area contributed by atoms with Gasteiger partial charge in [0.05, 0.1) is 5.75 Å². The van der Waals surface area contributed by atoms with Crippen LogP contribution in [0.25, 0.3) is 11.5 Å². The molecule has 0 aliphatic rings. The number of ketones is 1. The van der Waals surface area contributed by atoms with Gasteiger partial charge >= 0.3 is 0 Å².